The second-order valence-corrected chi connectivity index (χ2v) is 7.93. The monoisotopic (exact) mass is 456 g/mol. The van der Waals surface area contributed by atoms with Crippen LogP contribution < -0.4 is 10.0 Å². The fourth-order valence-corrected chi connectivity index (χ4v) is 3.74. The minimum absolute atomic E-state index is 0.137. The first-order valence-corrected chi connectivity index (χ1v) is 9.96. The highest BCUT2D eigenvalue weighted by atomic mass is 32.2. The van der Waals surface area contributed by atoms with Crippen LogP contribution in [0.3, 0.4) is 0 Å². The number of carbonyl (C=O) groups excluding carboxylic acids is 3. The highest BCUT2D eigenvalue weighted by Crippen LogP contribution is 2.24. The third-order valence-electron chi connectivity index (χ3n) is 4.27. The summed E-state index contributed by atoms with van der Waals surface area (Å²) in [7, 11) is -4.66. The van der Waals surface area contributed by atoms with E-state index < -0.39 is 46.1 Å². The van der Waals surface area contributed by atoms with E-state index in [-0.39, 0.29) is 25.4 Å². The van der Waals surface area contributed by atoms with Gasteiger partial charge in [0.2, 0.25) is 0 Å². The van der Waals surface area contributed by atoms with Gasteiger partial charge in [0.1, 0.15) is 6.04 Å². The van der Waals surface area contributed by atoms with E-state index in [1.165, 1.54) is 18.2 Å². The van der Waals surface area contributed by atoms with Crippen molar-refractivity contribution in [2.45, 2.75) is 6.04 Å². The molecule has 5 N–H and O–H groups in total. The van der Waals surface area contributed by atoms with Gasteiger partial charge in [0, 0.05) is 0 Å². The number of imide groups is 1. The topological polar surface area (TPSA) is 209 Å². The van der Waals surface area contributed by atoms with Crippen molar-refractivity contribution in [3.63, 3.8) is 0 Å². The van der Waals surface area contributed by atoms with Crippen LogP contribution in [0.2, 0.25) is 0 Å². The lowest BCUT2D eigenvalue weighted by Crippen LogP contribution is -2.67. The lowest BCUT2D eigenvalue weighted by Gasteiger charge is -2.36. The Hall–Kier alpha value is -4.08. The largest absolute Gasteiger partial charge is 0.504 e. The summed E-state index contributed by atoms with van der Waals surface area (Å²) in [6.45, 7) is -0.838. The van der Waals surface area contributed by atoms with Gasteiger partial charge >= 0.3 is 28.4 Å². The van der Waals surface area contributed by atoms with Crippen LogP contribution in [0.15, 0.2) is 23.3 Å². The number of benzene rings is 1. The minimum atomic E-state index is -4.66. The van der Waals surface area contributed by atoms with Gasteiger partial charge in [-0.15, -0.1) is 0 Å². The second-order valence-electron chi connectivity index (χ2n) is 6.33. The SMILES string of the molecule is O=C(O)N[C@H]1CN(C(=O)NS(=O)(=O)N2CCN(/N=C/c3ccc(O)c(O)c3)C2=O)C1=O. The van der Waals surface area contributed by atoms with Gasteiger partial charge in [0.15, 0.2) is 11.5 Å². The normalized spacial score (nSPS) is 19.0. The maximum absolute atomic E-state index is 12.4. The Bertz CT molecular complexity index is 1090. The molecule has 6 amide bonds. The molecular weight excluding hydrogens is 440 g/mol. The molecule has 0 aromatic heterocycles. The molecule has 0 aliphatic carbocycles. The number of urea groups is 2. The molecule has 2 aliphatic heterocycles. The van der Waals surface area contributed by atoms with Crippen molar-refractivity contribution < 1.29 is 42.9 Å². The number of likely N-dealkylation sites (tertiary alicyclic amines) is 1. The number of aromatic hydroxyl groups is 2. The number of hydrogen-bond acceptors (Lipinski definition) is 9. The molecule has 0 radical (unpaired) electrons. The summed E-state index contributed by atoms with van der Waals surface area (Å²) in [6.07, 6.45) is -0.322. The minimum Gasteiger partial charge on any atom is -0.504 e. The summed E-state index contributed by atoms with van der Waals surface area (Å²) in [6, 6.07) is 0.198. The van der Waals surface area contributed by atoms with Crippen LogP contribution in [0.4, 0.5) is 14.4 Å². The van der Waals surface area contributed by atoms with E-state index in [9.17, 15) is 37.8 Å². The summed E-state index contributed by atoms with van der Waals surface area (Å²) in [5.41, 5.74) is 0.318. The third-order valence-corrected chi connectivity index (χ3v) is 5.62. The Morgan fingerprint density at radius 2 is 1.87 bits per heavy atom. The Kier molecular flexibility index (Phi) is 5.56. The van der Waals surface area contributed by atoms with Crippen molar-refractivity contribution in [1.82, 2.24) is 24.3 Å². The Morgan fingerprint density at radius 1 is 1.16 bits per heavy atom. The van der Waals surface area contributed by atoms with Crippen molar-refractivity contribution in [2.75, 3.05) is 19.6 Å². The number of nitrogens with one attached hydrogen (secondary N) is 2. The zero-order chi connectivity index (χ0) is 22.9. The number of carboxylic acid groups (broad SMARTS) is 1. The second kappa shape index (κ2) is 7.98. The molecule has 15 nitrogen and oxygen atoms in total. The Labute approximate surface area is 174 Å². The fraction of sp³-hybridized carbons (Fsp3) is 0.267. The maximum atomic E-state index is 12.4. The fourth-order valence-electron chi connectivity index (χ4n) is 2.68. The van der Waals surface area contributed by atoms with Gasteiger partial charge in [-0.05, 0) is 23.8 Å². The van der Waals surface area contributed by atoms with E-state index in [1.807, 2.05) is 5.32 Å². The van der Waals surface area contributed by atoms with Crippen molar-refractivity contribution in [3.8, 4) is 11.5 Å². The summed E-state index contributed by atoms with van der Waals surface area (Å²) in [5, 5.41) is 33.7. The van der Waals surface area contributed by atoms with E-state index in [2.05, 4.69) is 5.10 Å². The van der Waals surface area contributed by atoms with Crippen LogP contribution in [0, 0.1) is 0 Å². The van der Waals surface area contributed by atoms with Crippen LogP contribution >= 0.6 is 0 Å². The number of nitrogens with zero attached hydrogens (tertiary/aromatic N) is 4. The van der Waals surface area contributed by atoms with Gasteiger partial charge in [-0.1, -0.05) is 0 Å². The molecule has 0 spiro atoms. The first-order chi connectivity index (χ1) is 14.5. The smallest absolute Gasteiger partial charge is 0.405 e. The van der Waals surface area contributed by atoms with E-state index in [0.717, 1.165) is 11.2 Å². The van der Waals surface area contributed by atoms with Crippen molar-refractivity contribution >= 4 is 40.5 Å². The molecule has 16 heteroatoms. The number of hydrogen-bond donors (Lipinski definition) is 5. The maximum Gasteiger partial charge on any atom is 0.405 e. The predicted molar refractivity (Wildman–Crippen MR) is 100 cm³/mol. The molecule has 0 bridgehead atoms. The first kappa shape index (κ1) is 21.6. The average Bonchev–Trinajstić information content (AvgIpc) is 3.06. The number of carbonyl (C=O) groups is 4. The molecule has 3 rings (SSSR count). The highest BCUT2D eigenvalue weighted by Gasteiger charge is 2.45. The molecule has 31 heavy (non-hydrogen) atoms. The molecule has 2 saturated heterocycles. The molecule has 166 valence electrons. The molecule has 2 fully saturated rings. The zero-order valence-corrected chi connectivity index (χ0v) is 16.3. The molecule has 1 aromatic carbocycles. The molecule has 2 heterocycles. The Balaban J connectivity index is 1.61. The van der Waals surface area contributed by atoms with E-state index in [0.29, 0.717) is 14.8 Å². The standard InChI is InChI=1S/C15H16N6O9S/c22-10-2-1-8(5-11(10)23)6-16-20-3-4-21(15(20)28)31(29,30)18-13(25)19-7-9(12(19)24)17-14(26)27/h1-2,5-6,9,17,22-23H,3-4,7H2,(H,18,25)(H,26,27)/b16-6+/t9-/m0/s1. The lowest BCUT2D eigenvalue weighted by atomic mass is 10.1. The molecule has 0 unspecified atom stereocenters. The third kappa shape index (κ3) is 4.42. The summed E-state index contributed by atoms with van der Waals surface area (Å²) >= 11 is 0. The zero-order valence-electron chi connectivity index (χ0n) is 15.5. The van der Waals surface area contributed by atoms with Crippen molar-refractivity contribution in [2.24, 2.45) is 5.10 Å². The van der Waals surface area contributed by atoms with Crippen molar-refractivity contribution in [1.29, 1.82) is 0 Å². The van der Waals surface area contributed by atoms with E-state index in [1.54, 1.807) is 4.72 Å². The number of hydrazone groups is 1. The number of β-lactam (4-membered cyclic amide) rings is 1. The van der Waals surface area contributed by atoms with Crippen LogP contribution in [0.1, 0.15) is 5.56 Å². The highest BCUT2D eigenvalue weighted by molar-refractivity contribution is 7.88. The van der Waals surface area contributed by atoms with Crippen molar-refractivity contribution in [3.05, 3.63) is 23.8 Å². The molecule has 1 aromatic rings. The lowest BCUT2D eigenvalue weighted by molar-refractivity contribution is -0.138. The Morgan fingerprint density at radius 3 is 2.48 bits per heavy atom. The van der Waals surface area contributed by atoms with Gasteiger partial charge < -0.3 is 20.6 Å². The van der Waals surface area contributed by atoms with Crippen LogP contribution in [0.25, 0.3) is 0 Å². The number of rotatable bonds is 5. The van der Waals surface area contributed by atoms with Gasteiger partial charge in [-0.3, -0.25) is 9.69 Å². The molecular formula is C15H16N6O9S. The average molecular weight is 456 g/mol. The van der Waals surface area contributed by atoms with Gasteiger partial charge in [-0.25, -0.2) is 28.4 Å². The molecule has 1 atom stereocenters. The van der Waals surface area contributed by atoms with E-state index in [4.69, 9.17) is 5.11 Å². The predicted octanol–water partition coefficient (Wildman–Crippen LogP) is -1.40. The van der Waals surface area contributed by atoms with Crippen LogP contribution in [0.5, 0.6) is 11.5 Å². The van der Waals surface area contributed by atoms with Gasteiger partial charge in [0.05, 0.1) is 25.8 Å². The van der Waals surface area contributed by atoms with Crippen LogP contribution in [-0.4, -0.2) is 93.9 Å². The summed E-state index contributed by atoms with van der Waals surface area (Å²) in [5.74, 6) is -1.70. The number of phenolic OH excluding ortho intramolecular Hbond substituents is 2. The van der Waals surface area contributed by atoms with Gasteiger partial charge in [0.25, 0.3) is 5.91 Å². The first-order valence-electron chi connectivity index (χ1n) is 8.52. The quantitative estimate of drug-likeness (QED) is 0.200. The summed E-state index contributed by atoms with van der Waals surface area (Å²) < 4.78 is 26.6. The molecule has 0 saturated carbocycles. The van der Waals surface area contributed by atoms with Crippen LogP contribution in [-0.2, 0) is 15.0 Å². The summed E-state index contributed by atoms with van der Waals surface area (Å²) in [4.78, 5) is 47.1. The number of amides is 6. The van der Waals surface area contributed by atoms with E-state index >= 15 is 0 Å². The molecule has 2 aliphatic rings. The number of phenols is 2. The van der Waals surface area contributed by atoms with Gasteiger partial charge in [-0.2, -0.15) is 13.5 Å².